The Bertz CT molecular complexity index is 578. The van der Waals surface area contributed by atoms with Gasteiger partial charge in [0.05, 0.1) is 11.3 Å². The van der Waals surface area contributed by atoms with Crippen LogP contribution in [-0.2, 0) is 12.6 Å². The molecule has 0 saturated carbocycles. The third-order valence-corrected chi connectivity index (χ3v) is 3.99. The first-order valence-electron chi connectivity index (χ1n) is 5.73. The van der Waals surface area contributed by atoms with Gasteiger partial charge < -0.3 is 0 Å². The first kappa shape index (κ1) is 14.5. The zero-order valence-corrected chi connectivity index (χ0v) is 12.5. The lowest BCUT2D eigenvalue weighted by atomic mass is 10.1. The fourth-order valence-corrected chi connectivity index (χ4v) is 2.99. The average molecular weight is 350 g/mol. The van der Waals surface area contributed by atoms with Crippen LogP contribution in [0.15, 0.2) is 28.1 Å². The van der Waals surface area contributed by atoms with Crippen LogP contribution in [0.1, 0.15) is 24.6 Å². The van der Waals surface area contributed by atoms with Crippen molar-refractivity contribution in [1.29, 1.82) is 0 Å². The van der Waals surface area contributed by atoms with Crippen LogP contribution in [0.25, 0.3) is 10.6 Å². The number of rotatable bonds is 3. The van der Waals surface area contributed by atoms with E-state index in [0.717, 1.165) is 24.6 Å². The Labute approximate surface area is 121 Å². The van der Waals surface area contributed by atoms with Gasteiger partial charge in [0.1, 0.15) is 5.01 Å². The maximum absolute atomic E-state index is 13.0. The molecule has 0 radical (unpaired) electrons. The Morgan fingerprint density at radius 1 is 1.32 bits per heavy atom. The number of aryl methyl sites for hydroxylation is 1. The largest absolute Gasteiger partial charge is 0.417 e. The standard InChI is InChI=1S/C13H11BrF3NS/c1-2-3-9-7-19-12(18-9)10-5-4-8(14)6-11(10)13(15,16)17/h4-7H,2-3H2,1H3. The summed E-state index contributed by atoms with van der Waals surface area (Å²) in [6.07, 6.45) is -2.67. The summed E-state index contributed by atoms with van der Waals surface area (Å²) >= 11 is 4.33. The molecular formula is C13H11BrF3NS. The molecule has 6 heteroatoms. The monoisotopic (exact) mass is 349 g/mol. The van der Waals surface area contributed by atoms with Crippen molar-refractivity contribution in [3.8, 4) is 10.6 Å². The highest BCUT2D eigenvalue weighted by molar-refractivity contribution is 9.10. The van der Waals surface area contributed by atoms with Crippen LogP contribution in [-0.4, -0.2) is 4.98 Å². The van der Waals surface area contributed by atoms with E-state index in [2.05, 4.69) is 20.9 Å². The first-order chi connectivity index (χ1) is 8.91. The molecule has 0 atom stereocenters. The Morgan fingerprint density at radius 2 is 2.05 bits per heavy atom. The summed E-state index contributed by atoms with van der Waals surface area (Å²) in [5, 5.41) is 2.24. The number of alkyl halides is 3. The fourth-order valence-electron chi connectivity index (χ4n) is 1.74. The van der Waals surface area contributed by atoms with Crippen LogP contribution in [0, 0.1) is 0 Å². The van der Waals surface area contributed by atoms with Gasteiger partial charge in [0, 0.05) is 15.4 Å². The predicted molar refractivity (Wildman–Crippen MR) is 74.2 cm³/mol. The molecule has 2 rings (SSSR count). The Kier molecular flexibility index (Phi) is 4.30. The number of thiazole rings is 1. The van der Waals surface area contributed by atoms with Gasteiger partial charge in [-0.05, 0) is 18.6 Å². The maximum atomic E-state index is 13.0. The SMILES string of the molecule is CCCc1csc(-c2ccc(Br)cc2C(F)(F)F)n1. The van der Waals surface area contributed by atoms with Gasteiger partial charge in [0.15, 0.2) is 0 Å². The molecule has 1 aromatic heterocycles. The molecule has 1 nitrogen and oxygen atoms in total. The van der Waals surface area contributed by atoms with Gasteiger partial charge in [-0.1, -0.05) is 35.3 Å². The van der Waals surface area contributed by atoms with E-state index < -0.39 is 11.7 Å². The molecule has 0 N–H and O–H groups in total. The van der Waals surface area contributed by atoms with Crippen molar-refractivity contribution in [3.63, 3.8) is 0 Å². The molecule has 102 valence electrons. The van der Waals surface area contributed by atoms with Crippen molar-refractivity contribution < 1.29 is 13.2 Å². The number of nitrogens with zero attached hydrogens (tertiary/aromatic N) is 1. The van der Waals surface area contributed by atoms with Gasteiger partial charge in [0.2, 0.25) is 0 Å². The predicted octanol–water partition coefficient (Wildman–Crippen LogP) is 5.54. The number of hydrogen-bond acceptors (Lipinski definition) is 2. The van der Waals surface area contributed by atoms with E-state index in [1.54, 1.807) is 6.07 Å². The molecule has 19 heavy (non-hydrogen) atoms. The molecule has 0 aliphatic rings. The number of hydrogen-bond donors (Lipinski definition) is 0. The normalized spacial score (nSPS) is 11.8. The third kappa shape index (κ3) is 3.36. The summed E-state index contributed by atoms with van der Waals surface area (Å²) in [5.74, 6) is 0. The summed E-state index contributed by atoms with van der Waals surface area (Å²) < 4.78 is 39.5. The zero-order chi connectivity index (χ0) is 14.0. The molecule has 0 spiro atoms. The minimum absolute atomic E-state index is 0.142. The highest BCUT2D eigenvalue weighted by Gasteiger charge is 2.34. The summed E-state index contributed by atoms with van der Waals surface area (Å²) in [4.78, 5) is 4.28. The van der Waals surface area contributed by atoms with E-state index in [0.29, 0.717) is 9.48 Å². The molecule has 0 aliphatic carbocycles. The highest BCUT2D eigenvalue weighted by atomic mass is 79.9. The van der Waals surface area contributed by atoms with Crippen molar-refractivity contribution in [1.82, 2.24) is 4.98 Å². The number of aromatic nitrogens is 1. The van der Waals surface area contributed by atoms with E-state index in [4.69, 9.17) is 0 Å². The summed E-state index contributed by atoms with van der Waals surface area (Å²) in [6, 6.07) is 4.16. The topological polar surface area (TPSA) is 12.9 Å². The summed E-state index contributed by atoms with van der Waals surface area (Å²) in [6.45, 7) is 2.01. The lowest BCUT2D eigenvalue weighted by molar-refractivity contribution is -0.137. The molecular weight excluding hydrogens is 339 g/mol. The van der Waals surface area contributed by atoms with Crippen molar-refractivity contribution >= 4 is 27.3 Å². The Hall–Kier alpha value is -0.880. The summed E-state index contributed by atoms with van der Waals surface area (Å²) in [5.41, 5.74) is 0.334. The number of halogens is 4. The first-order valence-corrected chi connectivity index (χ1v) is 7.40. The number of benzene rings is 1. The van der Waals surface area contributed by atoms with Crippen molar-refractivity contribution in [3.05, 3.63) is 39.3 Å². The highest BCUT2D eigenvalue weighted by Crippen LogP contribution is 2.39. The van der Waals surface area contributed by atoms with E-state index in [9.17, 15) is 13.2 Å². The molecule has 1 aromatic carbocycles. The van der Waals surface area contributed by atoms with Gasteiger partial charge in [-0.3, -0.25) is 0 Å². The van der Waals surface area contributed by atoms with Gasteiger partial charge >= 0.3 is 6.18 Å². The molecule has 0 amide bonds. The molecule has 0 bridgehead atoms. The van der Waals surface area contributed by atoms with E-state index in [1.165, 1.54) is 17.4 Å². The second kappa shape index (κ2) is 5.63. The molecule has 0 fully saturated rings. The molecule has 0 aliphatic heterocycles. The molecule has 0 saturated heterocycles. The van der Waals surface area contributed by atoms with Crippen LogP contribution >= 0.6 is 27.3 Å². The van der Waals surface area contributed by atoms with Gasteiger partial charge in [0.25, 0.3) is 0 Å². The van der Waals surface area contributed by atoms with Crippen LogP contribution in [0.5, 0.6) is 0 Å². The van der Waals surface area contributed by atoms with Crippen LogP contribution in [0.3, 0.4) is 0 Å². The smallest absolute Gasteiger partial charge is 0.241 e. The van der Waals surface area contributed by atoms with Crippen molar-refractivity contribution in [2.75, 3.05) is 0 Å². The molecule has 1 heterocycles. The fraction of sp³-hybridized carbons (Fsp3) is 0.308. The van der Waals surface area contributed by atoms with Crippen LogP contribution in [0.2, 0.25) is 0 Å². The van der Waals surface area contributed by atoms with Crippen molar-refractivity contribution in [2.24, 2.45) is 0 Å². The average Bonchev–Trinajstić information content (AvgIpc) is 2.77. The third-order valence-electron chi connectivity index (χ3n) is 2.58. The second-order valence-corrected chi connectivity index (χ2v) is 5.86. The Morgan fingerprint density at radius 3 is 2.68 bits per heavy atom. The van der Waals surface area contributed by atoms with Crippen LogP contribution in [0.4, 0.5) is 13.2 Å². The Balaban J connectivity index is 2.48. The van der Waals surface area contributed by atoms with E-state index >= 15 is 0 Å². The minimum Gasteiger partial charge on any atom is -0.241 e. The van der Waals surface area contributed by atoms with Gasteiger partial charge in [-0.25, -0.2) is 4.98 Å². The van der Waals surface area contributed by atoms with Gasteiger partial charge in [-0.15, -0.1) is 11.3 Å². The zero-order valence-electron chi connectivity index (χ0n) is 10.1. The molecule has 0 unspecified atom stereocenters. The van der Waals surface area contributed by atoms with Gasteiger partial charge in [-0.2, -0.15) is 13.2 Å². The van der Waals surface area contributed by atoms with E-state index in [-0.39, 0.29) is 5.56 Å². The lowest BCUT2D eigenvalue weighted by Crippen LogP contribution is -2.07. The lowest BCUT2D eigenvalue weighted by Gasteiger charge is -2.11. The van der Waals surface area contributed by atoms with Crippen LogP contribution < -0.4 is 0 Å². The van der Waals surface area contributed by atoms with E-state index in [1.807, 2.05) is 12.3 Å². The summed E-state index contributed by atoms with van der Waals surface area (Å²) in [7, 11) is 0. The second-order valence-electron chi connectivity index (χ2n) is 4.08. The molecule has 2 aromatic rings. The quantitative estimate of drug-likeness (QED) is 0.708. The maximum Gasteiger partial charge on any atom is 0.417 e. The minimum atomic E-state index is -4.38. The van der Waals surface area contributed by atoms with Crippen molar-refractivity contribution in [2.45, 2.75) is 25.9 Å².